The molecule has 8 heteroatoms. The SMILES string of the molecule is O=C(O)CCN1CCN(S(=O)(=O)c2cccc(Br)c2)CC1. The van der Waals surface area contributed by atoms with Crippen LogP contribution in [-0.2, 0) is 14.8 Å². The van der Waals surface area contributed by atoms with Crippen LogP contribution in [0.2, 0.25) is 0 Å². The monoisotopic (exact) mass is 376 g/mol. The molecule has 0 aliphatic carbocycles. The summed E-state index contributed by atoms with van der Waals surface area (Å²) >= 11 is 3.28. The number of hydrogen-bond acceptors (Lipinski definition) is 4. The third-order valence-electron chi connectivity index (χ3n) is 3.41. The largest absolute Gasteiger partial charge is 0.481 e. The maximum Gasteiger partial charge on any atom is 0.304 e. The van der Waals surface area contributed by atoms with E-state index in [2.05, 4.69) is 15.9 Å². The highest BCUT2D eigenvalue weighted by Gasteiger charge is 2.28. The zero-order chi connectivity index (χ0) is 15.5. The Balaban J connectivity index is 1.99. The molecule has 0 radical (unpaired) electrons. The number of sulfonamides is 1. The van der Waals surface area contributed by atoms with Crippen molar-refractivity contribution in [1.29, 1.82) is 0 Å². The van der Waals surface area contributed by atoms with Gasteiger partial charge in [-0.3, -0.25) is 4.79 Å². The van der Waals surface area contributed by atoms with Crippen molar-refractivity contribution in [3.63, 3.8) is 0 Å². The Bertz CT molecular complexity index is 612. The van der Waals surface area contributed by atoms with Crippen molar-refractivity contribution in [3.8, 4) is 0 Å². The Morgan fingerprint density at radius 1 is 1.24 bits per heavy atom. The third kappa shape index (κ3) is 4.26. The summed E-state index contributed by atoms with van der Waals surface area (Å²) in [6.07, 6.45) is 0.0817. The Morgan fingerprint density at radius 3 is 2.48 bits per heavy atom. The summed E-state index contributed by atoms with van der Waals surface area (Å²) in [6.45, 7) is 2.34. The summed E-state index contributed by atoms with van der Waals surface area (Å²) in [5.41, 5.74) is 0. The summed E-state index contributed by atoms with van der Waals surface area (Å²) in [4.78, 5) is 12.8. The quantitative estimate of drug-likeness (QED) is 0.835. The molecule has 21 heavy (non-hydrogen) atoms. The zero-order valence-electron chi connectivity index (χ0n) is 11.4. The molecule has 1 aromatic rings. The van der Waals surface area contributed by atoms with E-state index in [1.165, 1.54) is 4.31 Å². The normalized spacial score (nSPS) is 17.8. The number of piperazine rings is 1. The highest BCUT2D eigenvalue weighted by atomic mass is 79.9. The molecule has 1 saturated heterocycles. The Labute approximate surface area is 132 Å². The maximum atomic E-state index is 12.5. The molecule has 0 unspecified atom stereocenters. The molecule has 0 aromatic heterocycles. The average molecular weight is 377 g/mol. The van der Waals surface area contributed by atoms with E-state index in [4.69, 9.17) is 5.11 Å². The van der Waals surface area contributed by atoms with Crippen LogP contribution in [0.4, 0.5) is 0 Å². The van der Waals surface area contributed by atoms with E-state index in [9.17, 15) is 13.2 Å². The first-order chi connectivity index (χ1) is 9.89. The van der Waals surface area contributed by atoms with Gasteiger partial charge in [-0.25, -0.2) is 8.42 Å². The zero-order valence-corrected chi connectivity index (χ0v) is 13.8. The van der Waals surface area contributed by atoms with Gasteiger partial charge in [0.1, 0.15) is 0 Å². The van der Waals surface area contributed by atoms with Gasteiger partial charge in [-0.05, 0) is 18.2 Å². The number of benzene rings is 1. The lowest BCUT2D eigenvalue weighted by atomic mass is 10.3. The van der Waals surface area contributed by atoms with E-state index in [0.29, 0.717) is 32.7 Å². The fraction of sp³-hybridized carbons (Fsp3) is 0.462. The van der Waals surface area contributed by atoms with Gasteiger partial charge in [-0.15, -0.1) is 0 Å². The number of carboxylic acids is 1. The van der Waals surface area contributed by atoms with Gasteiger partial charge in [0.05, 0.1) is 11.3 Å². The molecule has 0 spiro atoms. The summed E-state index contributed by atoms with van der Waals surface area (Å²) < 4.78 is 27.2. The topological polar surface area (TPSA) is 77.9 Å². The van der Waals surface area contributed by atoms with Gasteiger partial charge in [0.15, 0.2) is 0 Å². The first kappa shape index (κ1) is 16.4. The van der Waals surface area contributed by atoms with Gasteiger partial charge in [-0.2, -0.15) is 4.31 Å². The summed E-state index contributed by atoms with van der Waals surface area (Å²) in [5.74, 6) is -0.834. The number of halogens is 1. The smallest absolute Gasteiger partial charge is 0.304 e. The van der Waals surface area contributed by atoms with Crippen LogP contribution in [0.25, 0.3) is 0 Å². The lowest BCUT2D eigenvalue weighted by molar-refractivity contribution is -0.137. The maximum absolute atomic E-state index is 12.5. The highest BCUT2D eigenvalue weighted by Crippen LogP contribution is 2.21. The van der Waals surface area contributed by atoms with Crippen LogP contribution in [-0.4, -0.2) is 61.4 Å². The molecule has 0 saturated carbocycles. The fourth-order valence-corrected chi connectivity index (χ4v) is 4.24. The molecule has 1 fully saturated rings. The van der Waals surface area contributed by atoms with E-state index >= 15 is 0 Å². The second kappa shape index (κ2) is 6.87. The molecule has 1 N–H and O–H groups in total. The second-order valence-corrected chi connectivity index (χ2v) is 7.70. The van der Waals surface area contributed by atoms with Crippen molar-refractivity contribution in [2.24, 2.45) is 0 Å². The molecule has 0 bridgehead atoms. The summed E-state index contributed by atoms with van der Waals surface area (Å²) in [7, 11) is -3.48. The van der Waals surface area contributed by atoms with Crippen LogP contribution < -0.4 is 0 Å². The van der Waals surface area contributed by atoms with Crippen molar-refractivity contribution in [2.45, 2.75) is 11.3 Å². The third-order valence-corrected chi connectivity index (χ3v) is 5.79. The molecular formula is C13H17BrN2O4S. The van der Waals surface area contributed by atoms with E-state index in [1.54, 1.807) is 24.3 Å². The van der Waals surface area contributed by atoms with Crippen LogP contribution in [0.5, 0.6) is 0 Å². The molecular weight excluding hydrogens is 360 g/mol. The minimum atomic E-state index is -3.48. The van der Waals surface area contributed by atoms with Crippen molar-refractivity contribution < 1.29 is 18.3 Å². The van der Waals surface area contributed by atoms with Crippen LogP contribution >= 0.6 is 15.9 Å². The molecule has 1 aliphatic heterocycles. The van der Waals surface area contributed by atoms with Crippen molar-refractivity contribution in [2.75, 3.05) is 32.7 Å². The highest BCUT2D eigenvalue weighted by molar-refractivity contribution is 9.10. The predicted molar refractivity (Wildman–Crippen MR) is 81.6 cm³/mol. The second-order valence-electron chi connectivity index (χ2n) is 4.85. The van der Waals surface area contributed by atoms with Crippen LogP contribution in [0.1, 0.15) is 6.42 Å². The van der Waals surface area contributed by atoms with Crippen LogP contribution in [0.3, 0.4) is 0 Å². The van der Waals surface area contributed by atoms with E-state index in [1.807, 2.05) is 4.90 Å². The van der Waals surface area contributed by atoms with Gasteiger partial charge >= 0.3 is 5.97 Å². The Morgan fingerprint density at radius 2 is 1.90 bits per heavy atom. The molecule has 0 atom stereocenters. The number of aliphatic carboxylic acids is 1. The lowest BCUT2D eigenvalue weighted by Crippen LogP contribution is -2.48. The van der Waals surface area contributed by atoms with Crippen LogP contribution in [0, 0.1) is 0 Å². The molecule has 6 nitrogen and oxygen atoms in total. The number of carboxylic acid groups (broad SMARTS) is 1. The number of rotatable bonds is 5. The van der Waals surface area contributed by atoms with E-state index in [-0.39, 0.29) is 11.3 Å². The van der Waals surface area contributed by atoms with Crippen LogP contribution in [0.15, 0.2) is 33.6 Å². The average Bonchev–Trinajstić information content (AvgIpc) is 2.45. The van der Waals surface area contributed by atoms with Gasteiger partial charge in [0.25, 0.3) is 0 Å². The van der Waals surface area contributed by atoms with Gasteiger partial charge in [0.2, 0.25) is 10.0 Å². The Hall–Kier alpha value is -0.960. The number of carbonyl (C=O) groups is 1. The summed E-state index contributed by atoms with van der Waals surface area (Å²) in [6, 6.07) is 6.64. The number of hydrogen-bond donors (Lipinski definition) is 1. The molecule has 116 valence electrons. The first-order valence-corrected chi connectivity index (χ1v) is 8.83. The molecule has 1 aromatic carbocycles. The van der Waals surface area contributed by atoms with E-state index < -0.39 is 16.0 Å². The molecule has 0 amide bonds. The standard InChI is InChI=1S/C13H17BrN2O4S/c14-11-2-1-3-12(10-11)21(19,20)16-8-6-15(7-9-16)5-4-13(17)18/h1-3,10H,4-9H2,(H,17,18). The van der Waals surface area contributed by atoms with E-state index in [0.717, 1.165) is 4.47 Å². The lowest BCUT2D eigenvalue weighted by Gasteiger charge is -2.33. The Kier molecular flexibility index (Phi) is 5.37. The van der Waals surface area contributed by atoms with Crippen molar-refractivity contribution in [3.05, 3.63) is 28.7 Å². The molecule has 1 heterocycles. The molecule has 1 aliphatic rings. The molecule has 2 rings (SSSR count). The minimum absolute atomic E-state index is 0.0817. The fourth-order valence-electron chi connectivity index (χ4n) is 2.22. The van der Waals surface area contributed by atoms with Crippen molar-refractivity contribution in [1.82, 2.24) is 9.21 Å². The number of nitrogens with zero attached hydrogens (tertiary/aromatic N) is 2. The van der Waals surface area contributed by atoms with Gasteiger partial charge in [0, 0.05) is 37.2 Å². The summed E-state index contributed by atoms with van der Waals surface area (Å²) in [5, 5.41) is 8.66. The van der Waals surface area contributed by atoms with Gasteiger partial charge < -0.3 is 10.0 Å². The minimum Gasteiger partial charge on any atom is -0.481 e. The predicted octanol–water partition coefficient (Wildman–Crippen LogP) is 1.23. The van der Waals surface area contributed by atoms with Crippen molar-refractivity contribution >= 4 is 31.9 Å². The first-order valence-electron chi connectivity index (χ1n) is 6.59. The van der Waals surface area contributed by atoms with Gasteiger partial charge in [-0.1, -0.05) is 22.0 Å².